The van der Waals surface area contributed by atoms with Crippen LogP contribution in [0.5, 0.6) is 5.88 Å². The minimum absolute atomic E-state index is 0.0177. The van der Waals surface area contributed by atoms with Crippen LogP contribution in [0.15, 0.2) is 66.9 Å². The number of nitrogens with zero attached hydrogens (tertiary/aromatic N) is 3. The van der Waals surface area contributed by atoms with Crippen molar-refractivity contribution in [1.82, 2.24) is 25.4 Å². The van der Waals surface area contributed by atoms with E-state index in [2.05, 4.69) is 20.9 Å². The third-order valence-corrected chi connectivity index (χ3v) is 7.22. The molecule has 3 atom stereocenters. The summed E-state index contributed by atoms with van der Waals surface area (Å²) in [7, 11) is 3.17. The van der Waals surface area contributed by atoms with Gasteiger partial charge in [0.2, 0.25) is 5.88 Å². The van der Waals surface area contributed by atoms with Gasteiger partial charge in [0.05, 0.1) is 30.6 Å². The van der Waals surface area contributed by atoms with E-state index >= 15 is 0 Å². The lowest BCUT2D eigenvalue weighted by atomic mass is 9.99. The molecule has 41 heavy (non-hydrogen) atoms. The molecule has 1 aliphatic heterocycles. The quantitative estimate of drug-likeness (QED) is 0.261. The normalized spacial score (nSPS) is 18.3. The van der Waals surface area contributed by atoms with E-state index in [1.165, 1.54) is 12.1 Å². The highest BCUT2D eigenvalue weighted by atomic mass is 19.2. The molecule has 11 heteroatoms. The molecule has 0 unspecified atom stereocenters. The Balaban J connectivity index is 1.42. The number of para-hydroxylation sites is 1. The molecule has 2 aromatic carbocycles. The number of nitrogens with one attached hydrogen (secondary N) is 3. The van der Waals surface area contributed by atoms with Gasteiger partial charge >= 0.3 is 6.03 Å². The predicted molar refractivity (Wildman–Crippen MR) is 151 cm³/mol. The minimum Gasteiger partial charge on any atom is -0.481 e. The number of pyridine rings is 1. The van der Waals surface area contributed by atoms with E-state index in [-0.39, 0.29) is 12.1 Å². The second kappa shape index (κ2) is 12.4. The Kier molecular flexibility index (Phi) is 8.55. The maximum absolute atomic E-state index is 14.1. The maximum atomic E-state index is 14.1. The molecule has 0 aliphatic carbocycles. The lowest BCUT2D eigenvalue weighted by molar-refractivity contribution is 0.184. The monoisotopic (exact) mass is 562 g/mol. The second-order valence-electron chi connectivity index (χ2n) is 9.90. The average Bonchev–Trinajstić information content (AvgIpc) is 3.54. The molecule has 2 amide bonds. The zero-order valence-corrected chi connectivity index (χ0v) is 23.0. The molecule has 4 aromatic rings. The van der Waals surface area contributed by atoms with Gasteiger partial charge in [-0.05, 0) is 55.7 Å². The number of aromatic nitrogens is 3. The maximum Gasteiger partial charge on any atom is 0.320 e. The number of rotatable bonds is 9. The van der Waals surface area contributed by atoms with Crippen LogP contribution in [0, 0.1) is 18.6 Å². The molecule has 0 spiro atoms. The summed E-state index contributed by atoms with van der Waals surface area (Å²) in [5.74, 6) is -0.879. The summed E-state index contributed by atoms with van der Waals surface area (Å²) in [6, 6.07) is 15.6. The van der Waals surface area contributed by atoms with E-state index in [4.69, 9.17) is 14.6 Å². The van der Waals surface area contributed by atoms with Crippen LogP contribution in [0.4, 0.5) is 19.4 Å². The number of methoxy groups -OCH3 is 2. The Morgan fingerprint density at radius 2 is 1.90 bits per heavy atom. The van der Waals surface area contributed by atoms with Crippen molar-refractivity contribution in [3.63, 3.8) is 0 Å². The highest BCUT2D eigenvalue weighted by Gasteiger charge is 2.36. The number of anilines is 1. The molecule has 2 aromatic heterocycles. The molecule has 0 radical (unpaired) electrons. The molecule has 1 saturated heterocycles. The number of carbonyl (C=O) groups is 1. The number of amides is 2. The van der Waals surface area contributed by atoms with Crippen molar-refractivity contribution >= 4 is 11.8 Å². The number of halogens is 2. The van der Waals surface area contributed by atoms with Crippen LogP contribution in [-0.4, -0.2) is 53.7 Å². The molecular weight excluding hydrogens is 530 g/mol. The lowest BCUT2D eigenvalue weighted by Gasteiger charge is -2.22. The Bertz CT molecular complexity index is 1500. The highest BCUT2D eigenvalue weighted by molar-refractivity contribution is 5.91. The van der Waals surface area contributed by atoms with Crippen molar-refractivity contribution in [2.45, 2.75) is 37.9 Å². The molecule has 0 bridgehead atoms. The molecule has 3 heterocycles. The number of benzene rings is 2. The first-order valence-electron chi connectivity index (χ1n) is 13.3. The van der Waals surface area contributed by atoms with Gasteiger partial charge in [-0.1, -0.05) is 24.3 Å². The van der Waals surface area contributed by atoms with Crippen molar-refractivity contribution in [2.75, 3.05) is 26.1 Å². The van der Waals surface area contributed by atoms with Gasteiger partial charge in [0.15, 0.2) is 11.6 Å². The second-order valence-corrected chi connectivity index (χ2v) is 9.90. The standard InChI is InChI=1S/C30H32F2N6O3/c1-18-27(20-10-12-26(41-3)33-17-20)37-38(22-7-5-4-6-8-22)29(18)36-30(39)35-25-16-21(13-14-40-2)34-28(25)19-9-11-23(31)24(32)15-19/h4-12,15,17,21,25,28,34H,13-14,16H2,1-3H3,(H2,35,36,39)/t21-,25-,28+/m1/s1. The van der Waals surface area contributed by atoms with Gasteiger partial charge in [-0.25, -0.2) is 23.2 Å². The molecule has 3 N–H and O–H groups in total. The number of hydrogen-bond donors (Lipinski definition) is 3. The van der Waals surface area contributed by atoms with E-state index in [0.29, 0.717) is 42.4 Å². The van der Waals surface area contributed by atoms with Gasteiger partial charge in [0.1, 0.15) is 5.82 Å². The SMILES string of the molecule is COCC[C@@H]1C[C@@H](NC(=O)Nc2c(C)c(-c3ccc(OC)nc3)nn2-c2ccccc2)[C@H](c2ccc(F)c(F)c2)N1. The largest absolute Gasteiger partial charge is 0.481 e. The summed E-state index contributed by atoms with van der Waals surface area (Å²) < 4.78 is 39.8. The summed E-state index contributed by atoms with van der Waals surface area (Å²) in [5, 5.41) is 14.3. The first-order valence-corrected chi connectivity index (χ1v) is 13.3. The lowest BCUT2D eigenvalue weighted by Crippen LogP contribution is -2.41. The highest BCUT2D eigenvalue weighted by Crippen LogP contribution is 2.32. The Labute approximate surface area is 236 Å². The molecule has 0 saturated carbocycles. The summed E-state index contributed by atoms with van der Waals surface area (Å²) in [4.78, 5) is 17.8. The number of ether oxygens (including phenoxy) is 2. The van der Waals surface area contributed by atoms with Gasteiger partial charge in [0.25, 0.3) is 0 Å². The van der Waals surface area contributed by atoms with Crippen LogP contribution < -0.4 is 20.7 Å². The van der Waals surface area contributed by atoms with E-state index in [1.807, 2.05) is 43.3 Å². The molecule has 1 aliphatic rings. The van der Waals surface area contributed by atoms with E-state index in [9.17, 15) is 13.6 Å². The van der Waals surface area contributed by atoms with Crippen LogP contribution in [0.1, 0.15) is 30.0 Å². The molecular formula is C30H32F2N6O3. The molecule has 1 fully saturated rings. The van der Waals surface area contributed by atoms with Gasteiger partial charge < -0.3 is 20.1 Å². The van der Waals surface area contributed by atoms with Crippen LogP contribution >= 0.6 is 0 Å². The van der Waals surface area contributed by atoms with Gasteiger partial charge in [-0.2, -0.15) is 5.10 Å². The number of carbonyl (C=O) groups excluding carboxylic acids is 1. The smallest absolute Gasteiger partial charge is 0.320 e. The van der Waals surface area contributed by atoms with Crippen LogP contribution in [-0.2, 0) is 4.74 Å². The van der Waals surface area contributed by atoms with E-state index in [0.717, 1.165) is 22.9 Å². The average molecular weight is 563 g/mol. The summed E-state index contributed by atoms with van der Waals surface area (Å²) in [6.45, 7) is 2.41. The van der Waals surface area contributed by atoms with Crippen LogP contribution in [0.3, 0.4) is 0 Å². The first-order chi connectivity index (χ1) is 19.9. The Morgan fingerprint density at radius 3 is 2.59 bits per heavy atom. The fraction of sp³-hybridized carbons (Fsp3) is 0.300. The van der Waals surface area contributed by atoms with Crippen molar-refractivity contribution in [3.8, 4) is 22.8 Å². The molecule has 9 nitrogen and oxygen atoms in total. The van der Waals surface area contributed by atoms with Gasteiger partial charge in [0, 0.05) is 43.1 Å². The minimum atomic E-state index is -0.934. The summed E-state index contributed by atoms with van der Waals surface area (Å²) in [6.07, 6.45) is 2.96. The third-order valence-electron chi connectivity index (χ3n) is 7.22. The van der Waals surface area contributed by atoms with Gasteiger partial charge in [-0.3, -0.25) is 5.32 Å². The van der Waals surface area contributed by atoms with Gasteiger partial charge in [-0.15, -0.1) is 0 Å². The first kappa shape index (κ1) is 28.2. The zero-order chi connectivity index (χ0) is 28.9. The van der Waals surface area contributed by atoms with Crippen molar-refractivity contribution in [2.24, 2.45) is 0 Å². The van der Waals surface area contributed by atoms with Crippen LogP contribution in [0.25, 0.3) is 16.9 Å². The van der Waals surface area contributed by atoms with E-state index < -0.39 is 23.7 Å². The molecule has 5 rings (SSSR count). The molecule has 214 valence electrons. The summed E-state index contributed by atoms with van der Waals surface area (Å²) in [5.41, 5.74) is 3.48. The summed E-state index contributed by atoms with van der Waals surface area (Å²) >= 11 is 0. The number of hydrogen-bond acceptors (Lipinski definition) is 6. The van der Waals surface area contributed by atoms with Crippen LogP contribution in [0.2, 0.25) is 0 Å². The van der Waals surface area contributed by atoms with Crippen molar-refractivity contribution < 1.29 is 23.0 Å². The zero-order valence-electron chi connectivity index (χ0n) is 23.0. The Morgan fingerprint density at radius 1 is 1.10 bits per heavy atom. The fourth-order valence-electron chi connectivity index (χ4n) is 5.14. The fourth-order valence-corrected chi connectivity index (χ4v) is 5.14. The van der Waals surface area contributed by atoms with Crippen molar-refractivity contribution in [1.29, 1.82) is 0 Å². The van der Waals surface area contributed by atoms with Crippen molar-refractivity contribution in [3.05, 3.63) is 89.6 Å². The third kappa shape index (κ3) is 6.21. The van der Waals surface area contributed by atoms with E-state index in [1.54, 1.807) is 31.2 Å². The number of urea groups is 1. The Hall–Kier alpha value is -4.35. The predicted octanol–water partition coefficient (Wildman–Crippen LogP) is 5.16. The topological polar surface area (TPSA) is 102 Å².